The van der Waals surface area contributed by atoms with Crippen molar-refractivity contribution in [3.63, 3.8) is 0 Å². The van der Waals surface area contributed by atoms with Gasteiger partial charge in [0, 0.05) is 17.3 Å². The highest BCUT2D eigenvalue weighted by atomic mass is 32.1. The van der Waals surface area contributed by atoms with Crippen LogP contribution in [0.1, 0.15) is 47.3 Å². The van der Waals surface area contributed by atoms with E-state index in [1.807, 2.05) is 74.8 Å². The Morgan fingerprint density at radius 3 is 2.46 bits per heavy atom. The van der Waals surface area contributed by atoms with E-state index in [0.29, 0.717) is 30.7 Å². The number of carbonyl (C=O) groups excluding carboxylic acids is 3. The molecule has 0 radical (unpaired) electrons. The third-order valence-electron chi connectivity index (χ3n) is 7.07. The van der Waals surface area contributed by atoms with Crippen LogP contribution in [-0.2, 0) is 16.0 Å². The highest BCUT2D eigenvalue weighted by molar-refractivity contribution is 7.20. The largest absolute Gasteiger partial charge is 0.353 e. The first-order valence-corrected chi connectivity index (χ1v) is 14.4. The minimum Gasteiger partial charge on any atom is -0.353 e. The van der Waals surface area contributed by atoms with Gasteiger partial charge in [-0.05, 0) is 69.4 Å². The summed E-state index contributed by atoms with van der Waals surface area (Å²) in [5.41, 5.74) is 0.0819. The molecule has 0 bridgehead atoms. The van der Waals surface area contributed by atoms with Crippen molar-refractivity contribution >= 4 is 39.1 Å². The quantitative estimate of drug-likeness (QED) is 0.233. The molecule has 0 spiro atoms. The van der Waals surface area contributed by atoms with Gasteiger partial charge in [-0.1, -0.05) is 67.4 Å². The second kappa shape index (κ2) is 13.5. The second-order valence-electron chi connectivity index (χ2n) is 10.5. The Bertz CT molecular complexity index is 1260. The van der Waals surface area contributed by atoms with Gasteiger partial charge >= 0.3 is 0 Å². The van der Waals surface area contributed by atoms with E-state index in [9.17, 15) is 14.4 Å². The van der Waals surface area contributed by atoms with Gasteiger partial charge < -0.3 is 20.9 Å². The zero-order valence-corrected chi connectivity index (χ0v) is 23.6. The van der Waals surface area contributed by atoms with Crippen LogP contribution in [0.2, 0.25) is 0 Å². The highest BCUT2D eigenvalue weighted by Gasteiger charge is 2.43. The minimum absolute atomic E-state index is 0.185. The summed E-state index contributed by atoms with van der Waals surface area (Å²) in [6.07, 6.45) is 7.57. The topological polar surface area (TPSA) is 90.5 Å². The molecule has 0 aliphatic heterocycles. The van der Waals surface area contributed by atoms with Crippen LogP contribution < -0.4 is 16.0 Å². The molecule has 1 fully saturated rings. The molecule has 206 valence electrons. The molecule has 2 aromatic carbocycles. The van der Waals surface area contributed by atoms with Crippen LogP contribution in [0, 0.1) is 0 Å². The van der Waals surface area contributed by atoms with E-state index in [4.69, 9.17) is 0 Å². The Kier molecular flexibility index (Phi) is 9.90. The number of hydrogen-bond acceptors (Lipinski definition) is 5. The van der Waals surface area contributed by atoms with Crippen molar-refractivity contribution in [2.45, 2.75) is 50.1 Å². The van der Waals surface area contributed by atoms with Gasteiger partial charge in [-0.3, -0.25) is 14.4 Å². The van der Waals surface area contributed by atoms with E-state index in [1.165, 1.54) is 17.4 Å². The lowest BCUT2D eigenvalue weighted by Gasteiger charge is -2.30. The monoisotopic (exact) mass is 546 g/mol. The number of thiophene rings is 1. The molecule has 1 saturated carbocycles. The van der Waals surface area contributed by atoms with E-state index in [1.54, 1.807) is 6.08 Å². The maximum atomic E-state index is 13.8. The molecule has 3 aromatic rings. The van der Waals surface area contributed by atoms with Gasteiger partial charge in [-0.2, -0.15) is 0 Å². The molecule has 0 unspecified atom stereocenters. The van der Waals surface area contributed by atoms with Gasteiger partial charge in [-0.15, -0.1) is 11.3 Å². The summed E-state index contributed by atoms with van der Waals surface area (Å²) in [7, 11) is 4.00. The smallest absolute Gasteiger partial charge is 0.262 e. The number of nitrogens with one attached hydrogen (secondary N) is 3. The maximum Gasteiger partial charge on any atom is 0.262 e. The summed E-state index contributed by atoms with van der Waals surface area (Å²) in [4.78, 5) is 42.2. The number of fused-ring (bicyclic) bond motifs is 1. The van der Waals surface area contributed by atoms with Crippen LogP contribution in [0.25, 0.3) is 10.1 Å². The van der Waals surface area contributed by atoms with Gasteiger partial charge in [0.1, 0.15) is 5.54 Å². The lowest BCUT2D eigenvalue weighted by molar-refractivity contribution is -0.127. The lowest BCUT2D eigenvalue weighted by atomic mass is 9.94. The first kappa shape index (κ1) is 28.5. The van der Waals surface area contributed by atoms with E-state index < -0.39 is 11.6 Å². The van der Waals surface area contributed by atoms with Crippen LogP contribution in [0.4, 0.5) is 0 Å². The molecule has 1 atom stereocenters. The number of amides is 3. The molecule has 3 N–H and O–H groups in total. The molecule has 8 heteroatoms. The fraction of sp³-hybridized carbons (Fsp3) is 0.387. The van der Waals surface area contributed by atoms with Gasteiger partial charge in [0.2, 0.25) is 11.8 Å². The van der Waals surface area contributed by atoms with Crippen LogP contribution in [0.3, 0.4) is 0 Å². The van der Waals surface area contributed by atoms with Crippen molar-refractivity contribution in [1.82, 2.24) is 20.9 Å². The van der Waals surface area contributed by atoms with Crippen LogP contribution in [0.5, 0.6) is 0 Å². The van der Waals surface area contributed by atoms with Crippen molar-refractivity contribution < 1.29 is 14.4 Å². The summed E-state index contributed by atoms with van der Waals surface area (Å²) in [5, 5.41) is 10.2. The third-order valence-corrected chi connectivity index (χ3v) is 8.18. The molecule has 1 heterocycles. The van der Waals surface area contributed by atoms with Crippen LogP contribution >= 0.6 is 11.3 Å². The van der Waals surface area contributed by atoms with Gasteiger partial charge in [0.15, 0.2) is 0 Å². The van der Waals surface area contributed by atoms with Gasteiger partial charge in [0.05, 0.1) is 10.9 Å². The Hall–Kier alpha value is -3.49. The summed E-state index contributed by atoms with van der Waals surface area (Å²) in [5.74, 6) is -0.610. The van der Waals surface area contributed by atoms with Gasteiger partial charge in [0.25, 0.3) is 5.91 Å². The van der Waals surface area contributed by atoms with Crippen LogP contribution in [-0.4, -0.2) is 61.4 Å². The molecule has 0 saturated heterocycles. The summed E-state index contributed by atoms with van der Waals surface area (Å²) >= 11 is 1.43. The summed E-state index contributed by atoms with van der Waals surface area (Å²) in [6, 6.07) is 19.2. The van der Waals surface area contributed by atoms with Crippen molar-refractivity contribution in [1.29, 1.82) is 0 Å². The predicted octanol–water partition coefficient (Wildman–Crippen LogP) is 4.30. The van der Waals surface area contributed by atoms with Crippen molar-refractivity contribution in [2.75, 3.05) is 27.2 Å². The number of rotatable bonds is 12. The molecular weight excluding hydrogens is 508 g/mol. The second-order valence-corrected chi connectivity index (χ2v) is 11.6. The molecule has 1 aliphatic carbocycles. The summed E-state index contributed by atoms with van der Waals surface area (Å²) < 4.78 is 1.04. The van der Waals surface area contributed by atoms with Gasteiger partial charge in [-0.25, -0.2) is 0 Å². The van der Waals surface area contributed by atoms with E-state index >= 15 is 0 Å². The Morgan fingerprint density at radius 1 is 1.03 bits per heavy atom. The third kappa shape index (κ3) is 8.00. The summed E-state index contributed by atoms with van der Waals surface area (Å²) in [6.45, 7) is 1.48. The molecular formula is C31H38N4O3S. The average molecular weight is 547 g/mol. The average Bonchev–Trinajstić information content (AvgIpc) is 3.58. The fourth-order valence-electron chi connectivity index (χ4n) is 4.97. The van der Waals surface area contributed by atoms with Crippen molar-refractivity contribution in [3.05, 3.63) is 83.3 Å². The first-order chi connectivity index (χ1) is 18.8. The number of nitrogens with zero attached hydrogens (tertiary/aromatic N) is 1. The SMILES string of the molecule is CN(C)CCCNC(=O)/C=C/[C@@H](Cc1ccccc1)NC(=O)C1(NC(=O)c2cc3ccccc3s2)CCCC1. The van der Waals surface area contributed by atoms with E-state index in [2.05, 4.69) is 20.9 Å². The number of benzene rings is 2. The highest BCUT2D eigenvalue weighted by Crippen LogP contribution is 2.32. The Morgan fingerprint density at radius 2 is 1.74 bits per heavy atom. The Balaban J connectivity index is 1.46. The molecule has 4 rings (SSSR count). The molecule has 1 aromatic heterocycles. The predicted molar refractivity (Wildman–Crippen MR) is 158 cm³/mol. The zero-order valence-electron chi connectivity index (χ0n) is 22.7. The molecule has 7 nitrogen and oxygen atoms in total. The van der Waals surface area contributed by atoms with Crippen molar-refractivity contribution in [3.8, 4) is 0 Å². The molecule has 1 aliphatic rings. The first-order valence-electron chi connectivity index (χ1n) is 13.6. The number of hydrogen-bond donors (Lipinski definition) is 3. The fourth-order valence-corrected chi connectivity index (χ4v) is 5.93. The standard InChI is InChI=1S/C31H38N4O3S/c1-35(2)20-10-19-32-28(36)16-15-25(21-23-11-4-3-5-12-23)33-30(38)31(17-8-9-18-31)34-29(37)27-22-24-13-6-7-14-26(24)39-27/h3-7,11-16,22,25H,8-10,17-21H2,1-2H3,(H,32,36)(H,33,38)(H,34,37)/b16-15+/t25-/m0/s1. The van der Waals surface area contributed by atoms with Crippen LogP contribution in [0.15, 0.2) is 72.8 Å². The van der Waals surface area contributed by atoms with E-state index in [0.717, 1.165) is 41.5 Å². The number of carbonyl (C=O) groups is 3. The molecule has 39 heavy (non-hydrogen) atoms. The molecule has 3 amide bonds. The maximum absolute atomic E-state index is 13.8. The minimum atomic E-state index is -0.968. The normalized spacial score (nSPS) is 15.5. The lowest BCUT2D eigenvalue weighted by Crippen LogP contribution is -2.58. The zero-order chi connectivity index (χ0) is 27.7. The van der Waals surface area contributed by atoms with Crippen molar-refractivity contribution in [2.24, 2.45) is 0 Å². The van der Waals surface area contributed by atoms with E-state index in [-0.39, 0.29) is 17.7 Å². The Labute approximate surface area is 234 Å².